The minimum Gasteiger partial charge on any atom is -0.444 e. The van der Waals surface area contributed by atoms with E-state index in [1.165, 1.54) is 0 Å². The van der Waals surface area contributed by atoms with Crippen LogP contribution in [-0.4, -0.2) is 17.6 Å². The summed E-state index contributed by atoms with van der Waals surface area (Å²) in [7, 11) is 0. The molecule has 0 aromatic heterocycles. The molecule has 0 saturated carbocycles. The maximum atomic E-state index is 8.00. The molecule has 0 radical (unpaired) electrons. The van der Waals surface area contributed by atoms with Crippen molar-refractivity contribution >= 4 is 0 Å². The monoisotopic (exact) mass is 166 g/mol. The van der Waals surface area contributed by atoms with E-state index in [4.69, 9.17) is 10.1 Å². The van der Waals surface area contributed by atoms with Gasteiger partial charge in [0.25, 0.3) is 0 Å². The lowest BCUT2D eigenvalue weighted by atomic mass is 10.3. The van der Waals surface area contributed by atoms with Gasteiger partial charge in [-0.05, 0) is 27.7 Å². The van der Waals surface area contributed by atoms with Crippen molar-refractivity contribution in [2.45, 2.75) is 39.8 Å². The minimum absolute atomic E-state index is 0. The average Bonchev–Trinajstić information content (AvgIpc) is 1.62. The third-order valence-electron chi connectivity index (χ3n) is 0.770. The molecule has 4 N–H and O–H groups in total. The highest BCUT2D eigenvalue weighted by atomic mass is 16.6. The van der Waals surface area contributed by atoms with Crippen LogP contribution in [0.25, 0.3) is 0 Å². The first-order valence-electron chi connectivity index (χ1n) is 3.34. The molecule has 0 heterocycles. The van der Waals surface area contributed by atoms with Gasteiger partial charge in [-0.1, -0.05) is 0 Å². The summed E-state index contributed by atoms with van der Waals surface area (Å²) in [6.45, 7) is 8.83. The van der Waals surface area contributed by atoms with Crippen molar-refractivity contribution in [2.24, 2.45) is 5.34 Å². The Morgan fingerprint density at radius 1 is 1.18 bits per heavy atom. The summed E-state index contributed by atoms with van der Waals surface area (Å²) < 4.78 is 0. The molecule has 0 fully saturated rings. The molecule has 0 aromatic rings. The molecule has 0 rings (SSSR count). The van der Waals surface area contributed by atoms with Crippen LogP contribution in [0.5, 0.6) is 0 Å². The third-order valence-corrected chi connectivity index (χ3v) is 0.770. The van der Waals surface area contributed by atoms with Crippen LogP contribution in [0.3, 0.4) is 0 Å². The van der Waals surface area contributed by atoms with Crippen molar-refractivity contribution < 1.29 is 10.8 Å². The third kappa shape index (κ3) is 45.3. The van der Waals surface area contributed by atoms with Gasteiger partial charge in [0.15, 0.2) is 0 Å². The molecule has 70 valence electrons. The molecule has 0 aliphatic rings. The van der Waals surface area contributed by atoms with E-state index in [-0.39, 0.29) is 5.48 Å². The van der Waals surface area contributed by atoms with Crippen molar-refractivity contribution in [1.82, 2.24) is 0 Å². The quantitative estimate of drug-likeness (QED) is 0.453. The van der Waals surface area contributed by atoms with E-state index in [0.717, 1.165) is 17.4 Å². The Bertz CT molecular complexity index is 70.2. The van der Waals surface area contributed by atoms with Crippen LogP contribution in [0.1, 0.15) is 27.7 Å². The van der Waals surface area contributed by atoms with Crippen molar-refractivity contribution in [3.05, 3.63) is 10.1 Å². The van der Waals surface area contributed by atoms with Gasteiger partial charge in [0.05, 0.1) is 12.1 Å². The Kier molecular flexibility index (Phi) is 18.3. The molecular weight excluding hydrogens is 148 g/mol. The number of nitrogens with two attached hydrogens (primary N) is 1. The predicted molar refractivity (Wildman–Crippen MR) is 45.0 cm³/mol. The maximum Gasteiger partial charge on any atom is 0.0803 e. The van der Waals surface area contributed by atoms with Crippen LogP contribution in [-0.2, 0) is 0 Å². The van der Waals surface area contributed by atoms with E-state index >= 15 is 0 Å². The maximum absolute atomic E-state index is 8.00. The lowest BCUT2D eigenvalue weighted by Gasteiger charge is -2.06. The van der Waals surface area contributed by atoms with Gasteiger partial charge in [0.1, 0.15) is 0 Å². The number of quaternary nitrogens is 1. The zero-order chi connectivity index (χ0) is 8.57. The van der Waals surface area contributed by atoms with Gasteiger partial charge in [-0.2, -0.15) is 0 Å². The highest BCUT2D eigenvalue weighted by molar-refractivity contribution is 4.31. The molecule has 0 spiro atoms. The first-order valence-corrected chi connectivity index (χ1v) is 3.34. The SMILES string of the molecule is CC(C)[NH2+]C(C)C.O.O=N[O-]. The van der Waals surface area contributed by atoms with Crippen LogP contribution in [0.15, 0.2) is 5.34 Å². The Morgan fingerprint density at radius 3 is 1.36 bits per heavy atom. The summed E-state index contributed by atoms with van der Waals surface area (Å²) >= 11 is 0. The molecule has 5 heteroatoms. The van der Waals surface area contributed by atoms with Crippen LogP contribution < -0.4 is 5.32 Å². The van der Waals surface area contributed by atoms with Gasteiger partial charge >= 0.3 is 0 Å². The van der Waals surface area contributed by atoms with Crippen molar-refractivity contribution in [3.8, 4) is 0 Å². The van der Waals surface area contributed by atoms with Crippen LogP contribution >= 0.6 is 0 Å². The molecule has 0 aliphatic heterocycles. The van der Waals surface area contributed by atoms with Gasteiger partial charge in [0, 0.05) is 0 Å². The predicted octanol–water partition coefficient (Wildman–Crippen LogP) is -0.208. The van der Waals surface area contributed by atoms with Crippen molar-refractivity contribution in [3.63, 3.8) is 0 Å². The molecule has 0 aliphatic carbocycles. The topological polar surface area (TPSA) is 101 Å². The molecule has 0 atom stereocenters. The van der Waals surface area contributed by atoms with Crippen LogP contribution in [0.2, 0.25) is 0 Å². The van der Waals surface area contributed by atoms with Crippen molar-refractivity contribution in [2.75, 3.05) is 0 Å². The molecule has 11 heavy (non-hydrogen) atoms. The zero-order valence-corrected chi connectivity index (χ0v) is 7.50. The number of rotatable bonds is 2. The lowest BCUT2D eigenvalue weighted by Crippen LogP contribution is -2.92. The fourth-order valence-electron chi connectivity index (χ4n) is 0.770. The Labute approximate surface area is 67.0 Å². The Morgan fingerprint density at radius 2 is 1.36 bits per heavy atom. The van der Waals surface area contributed by atoms with Crippen molar-refractivity contribution in [1.29, 1.82) is 0 Å². The molecule has 0 bridgehead atoms. The standard InChI is InChI=1S/C6H15N.HNO2.H2O/c1-5(2)7-6(3)4;2-1-3;/h5-7H,1-4H3;(H,2,3);1H2. The summed E-state index contributed by atoms with van der Waals surface area (Å²) in [5.74, 6) is 0. The van der Waals surface area contributed by atoms with E-state index < -0.39 is 0 Å². The second kappa shape index (κ2) is 12.0. The minimum atomic E-state index is 0. The van der Waals surface area contributed by atoms with Crippen LogP contribution in [0, 0.1) is 10.1 Å². The van der Waals surface area contributed by atoms with Crippen LogP contribution in [0.4, 0.5) is 0 Å². The number of hydrogen-bond acceptors (Lipinski definition) is 3. The van der Waals surface area contributed by atoms with E-state index in [9.17, 15) is 0 Å². The summed E-state index contributed by atoms with van der Waals surface area (Å²) in [6, 6.07) is 1.50. The number of hydrogen-bond donors (Lipinski definition) is 1. The molecule has 0 saturated heterocycles. The van der Waals surface area contributed by atoms with Gasteiger partial charge in [-0.15, -0.1) is 5.34 Å². The first kappa shape index (κ1) is 16.7. The molecule has 0 amide bonds. The average molecular weight is 166 g/mol. The van der Waals surface area contributed by atoms with Gasteiger partial charge in [-0.25, -0.2) is 0 Å². The normalized spacial score (nSPS) is 8.18. The second-order valence-corrected chi connectivity index (χ2v) is 2.76. The lowest BCUT2D eigenvalue weighted by molar-refractivity contribution is -0.709. The number of nitrogens with zero attached hydrogens (tertiary/aromatic N) is 1. The summed E-state index contributed by atoms with van der Waals surface area (Å²) in [4.78, 5) is 8.00. The summed E-state index contributed by atoms with van der Waals surface area (Å²) in [5.41, 5.74) is 0. The smallest absolute Gasteiger partial charge is 0.0803 e. The van der Waals surface area contributed by atoms with E-state index in [2.05, 4.69) is 33.0 Å². The summed E-state index contributed by atoms with van der Waals surface area (Å²) in [5, 5.41) is 11.3. The second-order valence-electron chi connectivity index (χ2n) is 2.76. The van der Waals surface area contributed by atoms with E-state index in [0.29, 0.717) is 0 Å². The summed E-state index contributed by atoms with van der Waals surface area (Å²) in [6.07, 6.45) is 0. The Hall–Kier alpha value is -0.680. The molecule has 0 unspecified atom stereocenters. The zero-order valence-electron chi connectivity index (χ0n) is 7.50. The molecule has 5 nitrogen and oxygen atoms in total. The van der Waals surface area contributed by atoms with Gasteiger partial charge in [0.2, 0.25) is 0 Å². The molecular formula is C6H18N2O3. The fraction of sp³-hybridized carbons (Fsp3) is 1.00. The largest absolute Gasteiger partial charge is 0.444 e. The van der Waals surface area contributed by atoms with Gasteiger partial charge < -0.3 is 20.9 Å². The highest BCUT2D eigenvalue weighted by Crippen LogP contribution is 1.67. The molecule has 0 aromatic carbocycles. The first-order chi connectivity index (χ1) is 4.54. The van der Waals surface area contributed by atoms with Gasteiger partial charge in [-0.3, -0.25) is 0 Å². The highest BCUT2D eigenvalue weighted by Gasteiger charge is 1.96. The van der Waals surface area contributed by atoms with E-state index in [1.807, 2.05) is 0 Å². The Balaban J connectivity index is -0.000000140. The van der Waals surface area contributed by atoms with E-state index in [1.54, 1.807) is 0 Å². The fourth-order valence-corrected chi connectivity index (χ4v) is 0.770.